The van der Waals surface area contributed by atoms with E-state index in [1.807, 2.05) is 180 Å². The highest BCUT2D eigenvalue weighted by atomic mass is 35.5. The number of fused-ring (bicyclic) bond motifs is 3. The molecule has 0 aliphatic carbocycles. The number of ketones is 1. The number of esters is 2. The zero-order valence-electron chi connectivity index (χ0n) is 66.9. The highest BCUT2D eigenvalue weighted by Crippen LogP contribution is 2.51. The van der Waals surface area contributed by atoms with Crippen molar-refractivity contribution in [3.63, 3.8) is 0 Å². The van der Waals surface area contributed by atoms with E-state index in [9.17, 15) is 28.3 Å². The molecule has 1 N–H and O–H groups in total. The molecule has 20 heteroatoms. The molecule has 8 unspecified atom stereocenters. The van der Waals surface area contributed by atoms with Gasteiger partial charge in [-0.25, -0.2) is 32.4 Å². The number of aliphatic hydroxyl groups is 1. The van der Waals surface area contributed by atoms with Gasteiger partial charge in [0.05, 0.1) is 35.1 Å². The molecule has 0 amide bonds. The van der Waals surface area contributed by atoms with Crippen LogP contribution in [0.5, 0.6) is 0 Å². The fourth-order valence-electron chi connectivity index (χ4n) is 16.1. The van der Waals surface area contributed by atoms with Crippen molar-refractivity contribution in [1.82, 2.24) is 29.3 Å². The number of nitrogens with zero attached hydrogens (tertiary/aromatic N) is 6. The smallest absolute Gasteiger partial charge is 0.331 e. The Morgan fingerprint density at radius 1 is 0.482 bits per heavy atom. The molecule has 3 fully saturated rings. The molecule has 3 saturated heterocycles. The van der Waals surface area contributed by atoms with E-state index in [1.165, 1.54) is 36.4 Å². The maximum absolute atomic E-state index is 14.1. The Bertz CT molecular complexity index is 5010. The largest absolute Gasteiger partial charge is 0.457 e. The quantitative estimate of drug-likeness (QED) is 0.0411. The lowest BCUT2D eigenvalue weighted by molar-refractivity contribution is -0.149. The van der Waals surface area contributed by atoms with Crippen LogP contribution in [0.15, 0.2) is 188 Å². The van der Waals surface area contributed by atoms with E-state index in [1.54, 1.807) is 30.5 Å². The first-order valence-electron chi connectivity index (χ1n) is 39.8. The number of benzene rings is 8. The summed E-state index contributed by atoms with van der Waals surface area (Å²) in [5.74, 6) is -2.32. The first-order valence-corrected chi connectivity index (χ1v) is 40.9. The van der Waals surface area contributed by atoms with Gasteiger partial charge in [-0.05, 0) is 272 Å². The highest BCUT2D eigenvalue weighted by Gasteiger charge is 2.43. The average Bonchev–Trinajstić information content (AvgIpc) is 1.14. The van der Waals surface area contributed by atoms with Crippen LogP contribution in [-0.4, -0.2) is 83.2 Å². The van der Waals surface area contributed by atoms with Crippen LogP contribution in [-0.2, 0) is 44.3 Å². The summed E-state index contributed by atoms with van der Waals surface area (Å²) in [7, 11) is 0. The molecule has 0 spiro atoms. The van der Waals surface area contributed by atoms with Crippen LogP contribution in [0.2, 0.25) is 15.1 Å². The van der Waals surface area contributed by atoms with Gasteiger partial charge in [-0.2, -0.15) is 15.3 Å². The van der Waals surface area contributed by atoms with Crippen LogP contribution in [0, 0.1) is 18.6 Å². The van der Waals surface area contributed by atoms with E-state index >= 15 is 0 Å². The summed E-state index contributed by atoms with van der Waals surface area (Å²) in [5, 5.41) is 30.9. The summed E-state index contributed by atoms with van der Waals surface area (Å²) in [6.07, 6.45) is 23.1. The molecule has 598 valence electrons. The summed E-state index contributed by atoms with van der Waals surface area (Å²) in [6.45, 7) is 23.6. The third-order valence-corrected chi connectivity index (χ3v) is 22.8. The van der Waals surface area contributed by atoms with Crippen molar-refractivity contribution in [3.8, 4) is 0 Å². The standard InChI is InChI=1S/C36H40ClFN2O3.C35H38ClFN2O4.C23H25ClN2O2/c1-6-30(29-17-16-28(38)22-31(29)37)36(5,26-13-10-24(11-14-26)12-19-34(41)43-35(2,3)4)27-15-18-32-25(21-27)23-39-40(32)33-9-7-8-20-42-33;1-5-29(28-16-15-27(37)21-30(28)36)35(41,25-12-9-23(10-13-25)11-18-33(40)43-34(2,3)4)26-14-17-31-24(20-26)22-38-39(31)32-8-6-7-19-42-32;1-3-18(19-9-7-15(2)12-20(19)24)23(27)16-8-10-21-17(13-16)14-25-26(21)22-6-4-5-11-28-22/h10-19,21-23,30,33H,6-9,20H2,1-5H3;9-18,20-22,29,32,41H,5-8,19H2,1-4H3;7-10,12-14,18,22H,3-6,11H2,1-2H3/b19-12+;18-11+;. The third-order valence-electron chi connectivity index (χ3n) is 21.8. The van der Waals surface area contributed by atoms with Gasteiger partial charge in [-0.3, -0.25) is 4.79 Å². The number of halogens is 5. The third kappa shape index (κ3) is 19.5. The lowest BCUT2D eigenvalue weighted by Crippen LogP contribution is -2.35. The average molecular weight is 1610 g/mol. The Morgan fingerprint density at radius 2 is 0.886 bits per heavy atom. The van der Waals surface area contributed by atoms with Crippen molar-refractivity contribution in [2.24, 2.45) is 0 Å². The van der Waals surface area contributed by atoms with E-state index in [0.29, 0.717) is 51.7 Å². The maximum Gasteiger partial charge on any atom is 0.331 e. The highest BCUT2D eigenvalue weighted by molar-refractivity contribution is 6.32. The number of ether oxygens (including phenoxy) is 5. The van der Waals surface area contributed by atoms with Gasteiger partial charge in [0.2, 0.25) is 0 Å². The molecule has 8 atom stereocenters. The zero-order chi connectivity index (χ0) is 81.2. The number of hydrogen-bond donors (Lipinski definition) is 1. The monoisotopic (exact) mass is 1600 g/mol. The van der Waals surface area contributed by atoms with Crippen molar-refractivity contribution in [2.75, 3.05) is 19.8 Å². The molecule has 0 saturated carbocycles. The van der Waals surface area contributed by atoms with Crippen molar-refractivity contribution in [1.29, 1.82) is 0 Å². The predicted octanol–water partition coefficient (Wildman–Crippen LogP) is 23.8. The van der Waals surface area contributed by atoms with Crippen LogP contribution in [0.4, 0.5) is 8.78 Å². The van der Waals surface area contributed by atoms with Crippen LogP contribution < -0.4 is 0 Å². The molecule has 6 heterocycles. The molecule has 8 aromatic carbocycles. The summed E-state index contributed by atoms with van der Waals surface area (Å²) in [6, 6.07) is 48.6. The number of Topliss-reactive ketones (excluding diaryl/α,β-unsaturated/α-hetero) is 1. The Balaban J connectivity index is 0.000000162. The van der Waals surface area contributed by atoms with Gasteiger partial charge in [-0.1, -0.05) is 147 Å². The lowest BCUT2D eigenvalue weighted by Gasteiger charge is -2.40. The number of rotatable bonds is 21. The fraction of sp³-hybridized carbons (Fsp3) is 0.383. The second-order valence-electron chi connectivity index (χ2n) is 32.1. The Labute approximate surface area is 682 Å². The van der Waals surface area contributed by atoms with E-state index in [4.69, 9.17) is 63.6 Å². The molecule has 15 nitrogen and oxygen atoms in total. The molecule has 114 heavy (non-hydrogen) atoms. The summed E-state index contributed by atoms with van der Waals surface area (Å²) >= 11 is 19.7. The second kappa shape index (κ2) is 36.8. The van der Waals surface area contributed by atoms with Gasteiger partial charge in [0.15, 0.2) is 24.5 Å². The molecule has 3 aliphatic rings. The number of aromatic nitrogens is 6. The van der Waals surface area contributed by atoms with Gasteiger partial charge in [0, 0.05) is 86.0 Å². The van der Waals surface area contributed by atoms with Gasteiger partial charge in [0.25, 0.3) is 0 Å². The number of carbonyl (C=O) groups is 3. The Morgan fingerprint density at radius 3 is 1.31 bits per heavy atom. The van der Waals surface area contributed by atoms with E-state index < -0.39 is 39.9 Å². The molecule has 3 aliphatic heterocycles. The van der Waals surface area contributed by atoms with Crippen molar-refractivity contribution in [2.45, 2.75) is 212 Å². The SMILES string of the molecule is CCC(C(=O)c1ccc2c(cnn2C2CCCCO2)c1)c1ccc(C)cc1Cl.CCC(c1ccc(F)cc1Cl)C(C)(c1ccc(/C=C/C(=O)OC(C)(C)C)cc1)c1ccc2c(cnn2C2CCCCO2)c1.CCC(c1ccc(F)cc1Cl)C(O)(c1ccc(/C=C/C(=O)OC(C)(C)C)cc1)c1ccc2c(cnn2C2CCCCO2)c1. The van der Waals surface area contributed by atoms with Crippen LogP contribution in [0.3, 0.4) is 0 Å². The van der Waals surface area contributed by atoms with Gasteiger partial charge >= 0.3 is 11.9 Å². The molecule has 3 aromatic heterocycles. The topological polar surface area (TPSA) is 171 Å². The second-order valence-corrected chi connectivity index (χ2v) is 33.3. The van der Waals surface area contributed by atoms with Crippen molar-refractivity contribution < 1.29 is 52.0 Å². The summed E-state index contributed by atoms with van der Waals surface area (Å²) < 4.78 is 62.6. The molecule has 14 rings (SSSR count). The van der Waals surface area contributed by atoms with Crippen LogP contribution >= 0.6 is 34.8 Å². The van der Waals surface area contributed by atoms with Crippen LogP contribution in [0.25, 0.3) is 44.9 Å². The van der Waals surface area contributed by atoms with E-state index in [2.05, 4.69) is 54.4 Å². The lowest BCUT2D eigenvalue weighted by atomic mass is 9.64. The first-order chi connectivity index (χ1) is 54.6. The Kier molecular flexibility index (Phi) is 27.2. The minimum atomic E-state index is -1.53. The minimum Gasteiger partial charge on any atom is -0.457 e. The molecule has 0 bridgehead atoms. The first kappa shape index (κ1) is 84.2. The molecular weight excluding hydrogens is 1500 g/mol. The number of hydrogen-bond acceptors (Lipinski definition) is 12. The van der Waals surface area contributed by atoms with Gasteiger partial charge in [0.1, 0.15) is 28.4 Å². The zero-order valence-corrected chi connectivity index (χ0v) is 69.2. The van der Waals surface area contributed by atoms with Crippen LogP contribution in [0.1, 0.15) is 249 Å². The predicted molar refractivity (Wildman–Crippen MR) is 450 cm³/mol. The molecule has 0 radical (unpaired) electrons. The van der Waals surface area contributed by atoms with Crippen molar-refractivity contribution in [3.05, 3.63) is 276 Å². The molecular formula is C94H103Cl3F2N6O9. The van der Waals surface area contributed by atoms with Crippen molar-refractivity contribution >= 4 is 97.4 Å². The Hall–Kier alpha value is -9.17. The molecule has 11 aromatic rings. The number of aryl methyl sites for hydroxylation is 1. The summed E-state index contributed by atoms with van der Waals surface area (Å²) in [5.41, 5.74) is 9.14. The minimum absolute atomic E-state index is 0.0115. The van der Waals surface area contributed by atoms with Gasteiger partial charge < -0.3 is 28.8 Å². The fourth-order valence-corrected chi connectivity index (χ4v) is 17.1. The summed E-state index contributed by atoms with van der Waals surface area (Å²) in [4.78, 5) is 37.7. The number of carbonyl (C=O) groups excluding carboxylic acids is 3. The van der Waals surface area contributed by atoms with E-state index in [0.717, 1.165) is 149 Å². The maximum atomic E-state index is 14.1. The van der Waals surface area contributed by atoms with Gasteiger partial charge in [-0.15, -0.1) is 0 Å². The normalized spacial score (nSPS) is 18.1. The van der Waals surface area contributed by atoms with E-state index in [-0.39, 0.29) is 53.1 Å².